The van der Waals surface area contributed by atoms with Gasteiger partial charge in [-0.15, -0.1) is 0 Å². The van der Waals surface area contributed by atoms with E-state index < -0.39 is 10.0 Å². The van der Waals surface area contributed by atoms with Gasteiger partial charge >= 0.3 is 0 Å². The number of sulfonamides is 1. The second-order valence-corrected chi connectivity index (χ2v) is 7.17. The van der Waals surface area contributed by atoms with E-state index in [4.69, 9.17) is 9.47 Å². The third-order valence-electron chi connectivity index (χ3n) is 3.30. The maximum atomic E-state index is 11.3. The maximum absolute atomic E-state index is 11.3. The van der Waals surface area contributed by atoms with Crippen LogP contribution in [0.2, 0.25) is 0 Å². The van der Waals surface area contributed by atoms with Gasteiger partial charge in [0.15, 0.2) is 17.5 Å². The molecular formula is C16H28N4O4S. The van der Waals surface area contributed by atoms with Gasteiger partial charge in [0.05, 0.1) is 19.5 Å². The molecule has 0 fully saturated rings. The highest BCUT2D eigenvalue weighted by Crippen LogP contribution is 2.30. The quantitative estimate of drug-likeness (QED) is 0.326. The van der Waals surface area contributed by atoms with Crippen LogP contribution in [0.3, 0.4) is 0 Å². The molecule has 25 heavy (non-hydrogen) atoms. The van der Waals surface area contributed by atoms with Gasteiger partial charge in [0.25, 0.3) is 0 Å². The second kappa shape index (κ2) is 10.8. The van der Waals surface area contributed by atoms with Gasteiger partial charge in [0, 0.05) is 31.9 Å². The van der Waals surface area contributed by atoms with Crippen molar-refractivity contribution in [2.45, 2.75) is 20.3 Å². The molecule has 0 aliphatic rings. The molecule has 1 rings (SSSR count). The first-order chi connectivity index (χ1) is 12.0. The normalized spacial score (nSPS) is 11.9. The summed E-state index contributed by atoms with van der Waals surface area (Å²) in [5.74, 6) is 1.99. The van der Waals surface area contributed by atoms with Crippen LogP contribution in [0.25, 0.3) is 0 Å². The van der Waals surface area contributed by atoms with Crippen molar-refractivity contribution < 1.29 is 17.9 Å². The number of hydrogen-bond acceptors (Lipinski definition) is 5. The van der Waals surface area contributed by atoms with Crippen LogP contribution in [0.15, 0.2) is 23.2 Å². The Morgan fingerprint density at radius 3 is 2.56 bits per heavy atom. The average Bonchev–Trinajstić information content (AvgIpc) is 2.61. The molecule has 1 aromatic carbocycles. The lowest BCUT2D eigenvalue weighted by Crippen LogP contribution is -2.34. The van der Waals surface area contributed by atoms with E-state index in [1.165, 1.54) is 0 Å². The Hall–Kier alpha value is -2.00. The third kappa shape index (κ3) is 7.61. The highest BCUT2D eigenvalue weighted by atomic mass is 32.2. The monoisotopic (exact) mass is 372 g/mol. The van der Waals surface area contributed by atoms with Gasteiger partial charge in [-0.2, -0.15) is 0 Å². The summed E-state index contributed by atoms with van der Waals surface area (Å²) < 4.78 is 36.0. The molecule has 1 aromatic rings. The van der Waals surface area contributed by atoms with Crippen molar-refractivity contribution in [3.8, 4) is 11.5 Å². The van der Waals surface area contributed by atoms with Crippen LogP contribution < -0.4 is 24.8 Å². The summed E-state index contributed by atoms with van der Waals surface area (Å²) >= 11 is 0. The van der Waals surface area contributed by atoms with Gasteiger partial charge in [0.1, 0.15) is 0 Å². The number of benzene rings is 1. The van der Waals surface area contributed by atoms with Crippen molar-refractivity contribution in [1.82, 2.24) is 10.0 Å². The fourth-order valence-electron chi connectivity index (χ4n) is 1.96. The predicted molar refractivity (Wildman–Crippen MR) is 101 cm³/mol. The zero-order chi connectivity index (χ0) is 18.7. The highest BCUT2D eigenvalue weighted by molar-refractivity contribution is 7.89. The summed E-state index contributed by atoms with van der Waals surface area (Å²) in [5.41, 5.74) is 0.806. The van der Waals surface area contributed by atoms with Crippen molar-refractivity contribution in [3.05, 3.63) is 18.2 Å². The zero-order valence-electron chi connectivity index (χ0n) is 15.3. The van der Waals surface area contributed by atoms with Gasteiger partial charge in [0.2, 0.25) is 10.0 Å². The van der Waals surface area contributed by atoms with E-state index in [2.05, 4.69) is 20.3 Å². The van der Waals surface area contributed by atoms with Crippen molar-refractivity contribution in [1.29, 1.82) is 0 Å². The molecule has 0 aromatic heterocycles. The first-order valence-electron chi connectivity index (χ1n) is 8.21. The van der Waals surface area contributed by atoms with Crippen molar-refractivity contribution in [3.63, 3.8) is 0 Å². The molecule has 8 nitrogen and oxygen atoms in total. The Bertz CT molecular complexity index is 662. The lowest BCUT2D eigenvalue weighted by atomic mass is 10.2. The minimum Gasteiger partial charge on any atom is -0.493 e. The lowest BCUT2D eigenvalue weighted by Gasteiger charge is -2.14. The molecule has 0 heterocycles. The summed E-state index contributed by atoms with van der Waals surface area (Å²) in [6, 6.07) is 5.53. The van der Waals surface area contributed by atoms with Gasteiger partial charge in [-0.3, -0.25) is 4.99 Å². The Morgan fingerprint density at radius 2 is 1.96 bits per heavy atom. The van der Waals surface area contributed by atoms with Crippen LogP contribution in [0, 0.1) is 0 Å². The second-order valence-electron chi connectivity index (χ2n) is 5.07. The standard InChI is InChI=1S/C16H28N4O4S/c1-5-24-14-9-8-13(12-15(14)23-4)20-16(17-3)18-10-7-11-19-25(21,22)6-2/h8-9,12,19H,5-7,10-11H2,1-4H3,(H2,17,18,20). The first-order valence-corrected chi connectivity index (χ1v) is 9.86. The Morgan fingerprint density at radius 1 is 1.20 bits per heavy atom. The van der Waals surface area contributed by atoms with Crippen molar-refractivity contribution in [2.75, 3.05) is 44.9 Å². The summed E-state index contributed by atoms with van der Waals surface area (Å²) in [4.78, 5) is 4.14. The smallest absolute Gasteiger partial charge is 0.211 e. The van der Waals surface area contributed by atoms with Gasteiger partial charge in [-0.25, -0.2) is 13.1 Å². The molecule has 0 saturated heterocycles. The third-order valence-corrected chi connectivity index (χ3v) is 4.70. The molecule has 142 valence electrons. The van der Waals surface area contributed by atoms with E-state index in [-0.39, 0.29) is 5.75 Å². The van der Waals surface area contributed by atoms with E-state index in [1.807, 2.05) is 25.1 Å². The molecule has 9 heteroatoms. The van der Waals surface area contributed by atoms with Crippen LogP contribution in [0.5, 0.6) is 11.5 Å². The molecule has 0 saturated carbocycles. The average molecular weight is 372 g/mol. The minimum absolute atomic E-state index is 0.0865. The number of guanidine groups is 1. The van der Waals surface area contributed by atoms with Crippen LogP contribution >= 0.6 is 0 Å². The van der Waals surface area contributed by atoms with E-state index >= 15 is 0 Å². The number of ether oxygens (including phenoxy) is 2. The van der Waals surface area contributed by atoms with Crippen LogP contribution in [0.1, 0.15) is 20.3 Å². The number of aliphatic imine (C=N–C) groups is 1. The topological polar surface area (TPSA) is 101 Å². The van der Waals surface area contributed by atoms with Crippen LogP contribution in [-0.2, 0) is 10.0 Å². The zero-order valence-corrected chi connectivity index (χ0v) is 16.1. The summed E-state index contributed by atoms with van der Waals surface area (Å²) in [5, 5.41) is 6.29. The fraction of sp³-hybridized carbons (Fsp3) is 0.562. The Labute approximate surface area is 150 Å². The fourth-order valence-corrected chi connectivity index (χ4v) is 2.62. The number of nitrogens with one attached hydrogen (secondary N) is 3. The number of nitrogens with zero attached hydrogens (tertiary/aromatic N) is 1. The molecule has 0 bridgehead atoms. The Kier molecular flexibility index (Phi) is 9.07. The number of hydrogen-bond donors (Lipinski definition) is 3. The maximum Gasteiger partial charge on any atom is 0.211 e. The van der Waals surface area contributed by atoms with Crippen molar-refractivity contribution >= 4 is 21.7 Å². The molecule has 0 atom stereocenters. The Balaban J connectivity index is 2.51. The van der Waals surface area contributed by atoms with E-state index in [9.17, 15) is 8.42 Å². The minimum atomic E-state index is -3.14. The number of rotatable bonds is 10. The largest absolute Gasteiger partial charge is 0.493 e. The molecule has 0 radical (unpaired) electrons. The summed E-state index contributed by atoms with van der Waals surface area (Å²) in [6.45, 7) is 5.06. The van der Waals surface area contributed by atoms with Crippen LogP contribution in [-0.4, -0.2) is 54.0 Å². The number of methoxy groups -OCH3 is 1. The molecule has 0 unspecified atom stereocenters. The van der Waals surface area contributed by atoms with E-state index in [1.54, 1.807) is 21.1 Å². The molecule has 0 amide bonds. The first kappa shape index (κ1) is 21.0. The lowest BCUT2D eigenvalue weighted by molar-refractivity contribution is 0.311. The molecule has 0 aliphatic heterocycles. The van der Waals surface area contributed by atoms with E-state index in [0.29, 0.717) is 43.6 Å². The summed E-state index contributed by atoms with van der Waals surface area (Å²) in [7, 11) is 0.117. The summed E-state index contributed by atoms with van der Waals surface area (Å²) in [6.07, 6.45) is 0.645. The number of anilines is 1. The predicted octanol–water partition coefficient (Wildman–Crippen LogP) is 1.41. The molecule has 3 N–H and O–H groups in total. The van der Waals surface area contributed by atoms with E-state index in [0.717, 1.165) is 5.69 Å². The van der Waals surface area contributed by atoms with Crippen LogP contribution in [0.4, 0.5) is 5.69 Å². The molecule has 0 aliphatic carbocycles. The van der Waals surface area contributed by atoms with Gasteiger partial charge in [-0.1, -0.05) is 0 Å². The molecular weight excluding hydrogens is 344 g/mol. The van der Waals surface area contributed by atoms with Gasteiger partial charge in [-0.05, 0) is 32.4 Å². The molecule has 0 spiro atoms. The van der Waals surface area contributed by atoms with Crippen molar-refractivity contribution in [2.24, 2.45) is 4.99 Å². The van der Waals surface area contributed by atoms with Gasteiger partial charge < -0.3 is 20.1 Å². The highest BCUT2D eigenvalue weighted by Gasteiger charge is 2.07. The SMILES string of the molecule is CCOc1ccc(NC(=NC)NCCCNS(=O)(=O)CC)cc1OC.